The summed E-state index contributed by atoms with van der Waals surface area (Å²) in [6.07, 6.45) is 0. The van der Waals surface area contributed by atoms with Crippen molar-refractivity contribution in [2.75, 3.05) is 51.3 Å². The van der Waals surface area contributed by atoms with Crippen molar-refractivity contribution in [3.05, 3.63) is 54.1 Å². The lowest BCUT2D eigenvalue weighted by molar-refractivity contribution is 0.262. The first-order chi connectivity index (χ1) is 13.4. The minimum Gasteiger partial charge on any atom is -0.497 e. The Morgan fingerprint density at radius 1 is 1.04 bits per heavy atom. The van der Waals surface area contributed by atoms with E-state index >= 15 is 0 Å². The Bertz CT molecular complexity index is 899. The van der Waals surface area contributed by atoms with Crippen LogP contribution >= 0.6 is 0 Å². The van der Waals surface area contributed by atoms with Crippen LogP contribution in [0.5, 0.6) is 5.75 Å². The van der Waals surface area contributed by atoms with Gasteiger partial charge in [0.25, 0.3) is 0 Å². The summed E-state index contributed by atoms with van der Waals surface area (Å²) in [5.41, 5.74) is 1.12. The number of nitrogens with one attached hydrogen (secondary N) is 1. The molecule has 1 N–H and O–H groups in total. The van der Waals surface area contributed by atoms with E-state index in [1.165, 1.54) is 0 Å². The Kier molecular flexibility index (Phi) is 6.48. The third-order valence-electron chi connectivity index (χ3n) is 4.71. The lowest BCUT2D eigenvalue weighted by Crippen LogP contribution is -2.48. The van der Waals surface area contributed by atoms with Gasteiger partial charge < -0.3 is 9.64 Å². The predicted octanol–water partition coefficient (Wildman–Crippen LogP) is 2.07. The summed E-state index contributed by atoms with van der Waals surface area (Å²) in [5, 5.41) is 0. The number of sulfonamides is 1. The molecule has 28 heavy (non-hydrogen) atoms. The largest absolute Gasteiger partial charge is 0.497 e. The highest BCUT2D eigenvalue weighted by Crippen LogP contribution is 2.20. The van der Waals surface area contributed by atoms with E-state index in [0.29, 0.717) is 12.6 Å². The van der Waals surface area contributed by atoms with Crippen molar-refractivity contribution in [1.82, 2.24) is 9.62 Å². The Morgan fingerprint density at radius 2 is 1.71 bits per heavy atom. The van der Waals surface area contributed by atoms with E-state index in [0.717, 1.165) is 49.7 Å². The fourth-order valence-electron chi connectivity index (χ4n) is 3.13. The zero-order chi connectivity index (χ0) is 20.1. The average molecular weight is 411 g/mol. The molecule has 0 amide bonds. The SMILES string of the molecule is COc1ccc(N2CCN(CCNS(=O)(=O)c3ccc(F)cc3F)CC2)cc1. The zero-order valence-corrected chi connectivity index (χ0v) is 16.4. The van der Waals surface area contributed by atoms with E-state index in [4.69, 9.17) is 4.74 Å². The number of rotatable bonds is 7. The molecule has 0 bridgehead atoms. The molecule has 3 rings (SSSR count). The Balaban J connectivity index is 1.47. The van der Waals surface area contributed by atoms with Crippen molar-refractivity contribution in [2.45, 2.75) is 4.90 Å². The van der Waals surface area contributed by atoms with Crippen molar-refractivity contribution in [3.63, 3.8) is 0 Å². The summed E-state index contributed by atoms with van der Waals surface area (Å²) in [4.78, 5) is 3.86. The minimum absolute atomic E-state index is 0.154. The monoisotopic (exact) mass is 411 g/mol. The fraction of sp³-hybridized carbons (Fsp3) is 0.368. The number of anilines is 1. The normalized spacial score (nSPS) is 15.6. The van der Waals surface area contributed by atoms with Gasteiger partial charge in [-0.05, 0) is 36.4 Å². The molecular weight excluding hydrogens is 388 g/mol. The van der Waals surface area contributed by atoms with Gasteiger partial charge in [-0.1, -0.05) is 0 Å². The van der Waals surface area contributed by atoms with Crippen LogP contribution in [0.15, 0.2) is 47.4 Å². The number of benzene rings is 2. The van der Waals surface area contributed by atoms with Gasteiger partial charge in [0.1, 0.15) is 22.3 Å². The first-order valence-electron chi connectivity index (χ1n) is 8.95. The molecule has 1 aliphatic rings. The highest BCUT2D eigenvalue weighted by Gasteiger charge is 2.21. The van der Waals surface area contributed by atoms with Crippen LogP contribution in [0.2, 0.25) is 0 Å². The summed E-state index contributed by atoms with van der Waals surface area (Å²) in [7, 11) is -2.38. The smallest absolute Gasteiger partial charge is 0.243 e. The maximum absolute atomic E-state index is 13.7. The third-order valence-corrected chi connectivity index (χ3v) is 6.21. The van der Waals surface area contributed by atoms with Gasteiger partial charge in [-0.25, -0.2) is 21.9 Å². The van der Waals surface area contributed by atoms with Crippen LogP contribution in [0.3, 0.4) is 0 Å². The highest BCUT2D eigenvalue weighted by atomic mass is 32.2. The number of hydrogen-bond donors (Lipinski definition) is 1. The average Bonchev–Trinajstić information content (AvgIpc) is 2.68. The van der Waals surface area contributed by atoms with Crippen LogP contribution in [-0.2, 0) is 10.0 Å². The number of piperazine rings is 1. The lowest BCUT2D eigenvalue weighted by atomic mass is 10.2. The first kappa shape index (κ1) is 20.5. The van der Waals surface area contributed by atoms with Crippen molar-refractivity contribution in [1.29, 1.82) is 0 Å². The number of nitrogens with zero attached hydrogens (tertiary/aromatic N) is 2. The summed E-state index contributed by atoms with van der Waals surface area (Å²) in [5.74, 6) is -1.10. The predicted molar refractivity (Wildman–Crippen MR) is 103 cm³/mol. The molecule has 0 atom stereocenters. The van der Waals surface area contributed by atoms with E-state index in [-0.39, 0.29) is 6.54 Å². The molecule has 0 aliphatic carbocycles. The topological polar surface area (TPSA) is 61.9 Å². The van der Waals surface area contributed by atoms with Gasteiger partial charge in [-0.15, -0.1) is 0 Å². The molecule has 0 radical (unpaired) electrons. The van der Waals surface area contributed by atoms with E-state index in [1.807, 2.05) is 24.3 Å². The second kappa shape index (κ2) is 8.85. The van der Waals surface area contributed by atoms with E-state index in [9.17, 15) is 17.2 Å². The van der Waals surface area contributed by atoms with Gasteiger partial charge in [0.05, 0.1) is 7.11 Å². The van der Waals surface area contributed by atoms with Gasteiger partial charge in [0.15, 0.2) is 0 Å². The van der Waals surface area contributed by atoms with E-state index in [2.05, 4.69) is 14.5 Å². The second-order valence-electron chi connectivity index (χ2n) is 6.50. The maximum Gasteiger partial charge on any atom is 0.243 e. The van der Waals surface area contributed by atoms with Crippen LogP contribution in [0.25, 0.3) is 0 Å². The molecule has 2 aromatic carbocycles. The fourth-order valence-corrected chi connectivity index (χ4v) is 4.21. The van der Waals surface area contributed by atoms with Crippen LogP contribution < -0.4 is 14.4 Å². The van der Waals surface area contributed by atoms with Gasteiger partial charge in [0, 0.05) is 51.0 Å². The quantitative estimate of drug-likeness (QED) is 0.756. The van der Waals surface area contributed by atoms with Crippen LogP contribution in [0.1, 0.15) is 0 Å². The molecule has 6 nitrogen and oxygen atoms in total. The third kappa shape index (κ3) is 4.98. The summed E-state index contributed by atoms with van der Waals surface area (Å²) in [6.45, 7) is 3.90. The van der Waals surface area contributed by atoms with Crippen LogP contribution in [0.4, 0.5) is 14.5 Å². The molecule has 152 valence electrons. The highest BCUT2D eigenvalue weighted by molar-refractivity contribution is 7.89. The Labute approximate surface area is 163 Å². The number of hydrogen-bond acceptors (Lipinski definition) is 5. The second-order valence-corrected chi connectivity index (χ2v) is 8.23. The molecule has 0 unspecified atom stereocenters. The lowest BCUT2D eigenvalue weighted by Gasteiger charge is -2.36. The van der Waals surface area contributed by atoms with Crippen molar-refractivity contribution in [2.24, 2.45) is 0 Å². The minimum atomic E-state index is -4.01. The van der Waals surface area contributed by atoms with Gasteiger partial charge in [-0.2, -0.15) is 0 Å². The molecule has 0 aromatic heterocycles. The van der Waals surface area contributed by atoms with Crippen LogP contribution in [0, 0.1) is 11.6 Å². The van der Waals surface area contributed by atoms with Gasteiger partial charge >= 0.3 is 0 Å². The van der Waals surface area contributed by atoms with Gasteiger partial charge in [-0.3, -0.25) is 4.90 Å². The van der Waals surface area contributed by atoms with Gasteiger partial charge in [0.2, 0.25) is 10.0 Å². The molecule has 1 heterocycles. The standard InChI is InChI=1S/C19H23F2N3O3S/c1-27-17-5-3-16(4-6-17)24-12-10-23(11-13-24)9-8-22-28(25,26)19-7-2-15(20)14-18(19)21/h2-7,14,22H,8-13H2,1H3. The summed E-state index contributed by atoms with van der Waals surface area (Å²) in [6, 6.07) is 10.3. The molecule has 1 aliphatic heterocycles. The van der Waals surface area contributed by atoms with Crippen LogP contribution in [-0.4, -0.2) is 59.7 Å². The number of methoxy groups -OCH3 is 1. The molecule has 1 fully saturated rings. The summed E-state index contributed by atoms with van der Waals surface area (Å²) >= 11 is 0. The molecule has 0 saturated carbocycles. The zero-order valence-electron chi connectivity index (χ0n) is 15.6. The van der Waals surface area contributed by atoms with Crippen molar-refractivity contribution >= 4 is 15.7 Å². The molecular formula is C19H23F2N3O3S. The number of halogens is 2. The molecule has 0 spiro atoms. The van der Waals surface area contributed by atoms with E-state index in [1.54, 1.807) is 7.11 Å². The molecule has 9 heteroatoms. The Hall–Kier alpha value is -2.23. The maximum atomic E-state index is 13.7. The molecule has 1 saturated heterocycles. The van der Waals surface area contributed by atoms with Crippen molar-refractivity contribution in [3.8, 4) is 5.75 Å². The van der Waals surface area contributed by atoms with E-state index < -0.39 is 26.6 Å². The first-order valence-corrected chi connectivity index (χ1v) is 10.4. The van der Waals surface area contributed by atoms with Crippen molar-refractivity contribution < 1.29 is 21.9 Å². The Morgan fingerprint density at radius 3 is 2.32 bits per heavy atom. The number of ether oxygens (including phenoxy) is 1. The molecule has 2 aromatic rings. The summed E-state index contributed by atoms with van der Waals surface area (Å²) < 4.78 is 58.6.